The second-order valence-electron chi connectivity index (χ2n) is 6.75. The highest BCUT2D eigenvalue weighted by molar-refractivity contribution is 4.88. The fraction of sp³-hybridized carbons (Fsp3) is 1.00. The van der Waals surface area contributed by atoms with Gasteiger partial charge in [0.1, 0.15) is 0 Å². The van der Waals surface area contributed by atoms with Crippen molar-refractivity contribution in [3.05, 3.63) is 0 Å². The van der Waals surface area contributed by atoms with Crippen LogP contribution in [0.1, 0.15) is 40.5 Å². The highest BCUT2D eigenvalue weighted by Gasteiger charge is 2.35. The Morgan fingerprint density at radius 1 is 1.30 bits per heavy atom. The lowest BCUT2D eigenvalue weighted by Crippen LogP contribution is -2.52. The maximum Gasteiger partial charge on any atom is 0.0589 e. The molecule has 0 saturated carbocycles. The van der Waals surface area contributed by atoms with E-state index in [1.165, 1.54) is 12.8 Å². The van der Waals surface area contributed by atoms with E-state index in [2.05, 4.69) is 37.9 Å². The smallest absolute Gasteiger partial charge is 0.0589 e. The maximum absolute atomic E-state index is 5.80. The SMILES string of the molecule is COCCN(CC1(CNC(C)C)CCCOC1)C(C)C. The lowest BCUT2D eigenvalue weighted by molar-refractivity contribution is -0.0347. The minimum Gasteiger partial charge on any atom is -0.383 e. The summed E-state index contributed by atoms with van der Waals surface area (Å²) in [6.07, 6.45) is 2.43. The molecule has 1 rings (SSSR count). The zero-order chi connectivity index (χ0) is 15.0. The molecule has 4 heteroatoms. The van der Waals surface area contributed by atoms with E-state index >= 15 is 0 Å². The molecular formula is C16H34N2O2. The lowest BCUT2D eigenvalue weighted by atomic mass is 9.81. The molecule has 1 aliphatic heterocycles. The average Bonchev–Trinajstić information content (AvgIpc) is 2.42. The molecule has 1 atom stereocenters. The third-order valence-electron chi connectivity index (χ3n) is 4.14. The first-order chi connectivity index (χ1) is 9.49. The Bertz CT molecular complexity index is 251. The van der Waals surface area contributed by atoms with Gasteiger partial charge in [0.05, 0.1) is 13.2 Å². The van der Waals surface area contributed by atoms with Crippen molar-refractivity contribution in [2.75, 3.05) is 46.6 Å². The predicted molar refractivity (Wildman–Crippen MR) is 84.2 cm³/mol. The van der Waals surface area contributed by atoms with Crippen LogP contribution in [0.2, 0.25) is 0 Å². The number of methoxy groups -OCH3 is 1. The molecular weight excluding hydrogens is 252 g/mol. The van der Waals surface area contributed by atoms with Crippen LogP contribution in [0.15, 0.2) is 0 Å². The van der Waals surface area contributed by atoms with Gasteiger partial charge in [-0.15, -0.1) is 0 Å². The quantitative estimate of drug-likeness (QED) is 0.704. The molecule has 1 heterocycles. The lowest BCUT2D eigenvalue weighted by Gasteiger charge is -2.42. The van der Waals surface area contributed by atoms with Crippen LogP contribution in [0.5, 0.6) is 0 Å². The first kappa shape index (κ1) is 17.9. The van der Waals surface area contributed by atoms with Crippen molar-refractivity contribution < 1.29 is 9.47 Å². The van der Waals surface area contributed by atoms with E-state index in [-0.39, 0.29) is 5.41 Å². The van der Waals surface area contributed by atoms with Crippen LogP contribution in [-0.2, 0) is 9.47 Å². The Kier molecular flexibility index (Phi) is 8.03. The number of hydrogen-bond donors (Lipinski definition) is 1. The molecule has 0 bridgehead atoms. The fourth-order valence-electron chi connectivity index (χ4n) is 2.81. The van der Waals surface area contributed by atoms with Crippen LogP contribution < -0.4 is 5.32 Å². The minimum absolute atomic E-state index is 0.251. The molecule has 1 fully saturated rings. The van der Waals surface area contributed by atoms with Gasteiger partial charge in [0.2, 0.25) is 0 Å². The Morgan fingerprint density at radius 2 is 2.05 bits per heavy atom. The summed E-state index contributed by atoms with van der Waals surface area (Å²) in [5, 5.41) is 3.62. The molecule has 4 nitrogen and oxygen atoms in total. The van der Waals surface area contributed by atoms with Crippen LogP contribution in [0.4, 0.5) is 0 Å². The van der Waals surface area contributed by atoms with Gasteiger partial charge in [-0.3, -0.25) is 4.90 Å². The molecule has 0 aliphatic carbocycles. The van der Waals surface area contributed by atoms with Crippen LogP contribution in [0, 0.1) is 5.41 Å². The summed E-state index contributed by atoms with van der Waals surface area (Å²) < 4.78 is 11.1. The molecule has 1 unspecified atom stereocenters. The summed E-state index contributed by atoms with van der Waals surface area (Å²) in [6.45, 7) is 14.7. The second-order valence-corrected chi connectivity index (χ2v) is 6.75. The van der Waals surface area contributed by atoms with Crippen molar-refractivity contribution in [2.24, 2.45) is 5.41 Å². The average molecular weight is 286 g/mol. The zero-order valence-corrected chi connectivity index (χ0v) is 14.1. The van der Waals surface area contributed by atoms with Gasteiger partial charge in [-0.05, 0) is 26.7 Å². The van der Waals surface area contributed by atoms with Gasteiger partial charge < -0.3 is 14.8 Å². The molecule has 1 aliphatic rings. The number of ether oxygens (including phenoxy) is 2. The molecule has 120 valence electrons. The highest BCUT2D eigenvalue weighted by atomic mass is 16.5. The van der Waals surface area contributed by atoms with Gasteiger partial charge in [-0.1, -0.05) is 13.8 Å². The number of nitrogens with zero attached hydrogens (tertiary/aromatic N) is 1. The van der Waals surface area contributed by atoms with Crippen molar-refractivity contribution in [1.82, 2.24) is 10.2 Å². The molecule has 1 saturated heterocycles. The molecule has 0 aromatic rings. The van der Waals surface area contributed by atoms with Crippen molar-refractivity contribution in [2.45, 2.75) is 52.6 Å². The van der Waals surface area contributed by atoms with E-state index in [1.54, 1.807) is 7.11 Å². The summed E-state index contributed by atoms with van der Waals surface area (Å²) in [4.78, 5) is 2.53. The topological polar surface area (TPSA) is 33.7 Å². The van der Waals surface area contributed by atoms with Gasteiger partial charge in [0, 0.05) is 50.8 Å². The summed E-state index contributed by atoms with van der Waals surface area (Å²) in [6, 6.07) is 1.07. The third kappa shape index (κ3) is 6.08. The predicted octanol–water partition coefficient (Wildman–Crippen LogP) is 2.14. The van der Waals surface area contributed by atoms with Crippen LogP contribution in [-0.4, -0.2) is 63.5 Å². The van der Waals surface area contributed by atoms with E-state index in [0.717, 1.165) is 39.5 Å². The second kappa shape index (κ2) is 8.98. The Balaban J connectivity index is 2.65. The first-order valence-electron chi connectivity index (χ1n) is 8.03. The van der Waals surface area contributed by atoms with Crippen molar-refractivity contribution >= 4 is 0 Å². The molecule has 20 heavy (non-hydrogen) atoms. The molecule has 0 amide bonds. The molecule has 0 aromatic heterocycles. The summed E-state index contributed by atoms with van der Waals surface area (Å²) in [5.41, 5.74) is 0.251. The van der Waals surface area contributed by atoms with E-state index in [0.29, 0.717) is 12.1 Å². The first-order valence-corrected chi connectivity index (χ1v) is 8.03. The van der Waals surface area contributed by atoms with Gasteiger partial charge in [-0.25, -0.2) is 0 Å². The van der Waals surface area contributed by atoms with Crippen molar-refractivity contribution in [1.29, 1.82) is 0 Å². The van der Waals surface area contributed by atoms with Crippen LogP contribution in [0.25, 0.3) is 0 Å². The van der Waals surface area contributed by atoms with E-state index in [1.807, 2.05) is 0 Å². The molecule has 0 aromatic carbocycles. The number of hydrogen-bond acceptors (Lipinski definition) is 4. The molecule has 0 radical (unpaired) electrons. The van der Waals surface area contributed by atoms with Gasteiger partial charge in [0.25, 0.3) is 0 Å². The minimum atomic E-state index is 0.251. The zero-order valence-electron chi connectivity index (χ0n) is 14.1. The van der Waals surface area contributed by atoms with Crippen LogP contribution >= 0.6 is 0 Å². The third-order valence-corrected chi connectivity index (χ3v) is 4.14. The van der Waals surface area contributed by atoms with Crippen molar-refractivity contribution in [3.8, 4) is 0 Å². The highest BCUT2D eigenvalue weighted by Crippen LogP contribution is 2.30. The van der Waals surface area contributed by atoms with E-state index < -0.39 is 0 Å². The fourth-order valence-corrected chi connectivity index (χ4v) is 2.81. The Hall–Kier alpha value is -0.160. The number of nitrogens with one attached hydrogen (secondary N) is 1. The number of rotatable bonds is 9. The van der Waals surface area contributed by atoms with Crippen molar-refractivity contribution in [3.63, 3.8) is 0 Å². The van der Waals surface area contributed by atoms with Gasteiger partial charge >= 0.3 is 0 Å². The Labute approximate surface area is 125 Å². The molecule has 0 spiro atoms. The largest absolute Gasteiger partial charge is 0.383 e. The van der Waals surface area contributed by atoms with E-state index in [9.17, 15) is 0 Å². The summed E-state index contributed by atoms with van der Waals surface area (Å²) >= 11 is 0. The molecule has 1 N–H and O–H groups in total. The monoisotopic (exact) mass is 286 g/mol. The maximum atomic E-state index is 5.80. The van der Waals surface area contributed by atoms with Gasteiger partial charge in [-0.2, -0.15) is 0 Å². The Morgan fingerprint density at radius 3 is 2.55 bits per heavy atom. The van der Waals surface area contributed by atoms with Crippen LogP contribution in [0.3, 0.4) is 0 Å². The summed E-state index contributed by atoms with van der Waals surface area (Å²) in [7, 11) is 1.78. The van der Waals surface area contributed by atoms with Gasteiger partial charge in [0.15, 0.2) is 0 Å². The van der Waals surface area contributed by atoms with E-state index in [4.69, 9.17) is 9.47 Å². The summed E-state index contributed by atoms with van der Waals surface area (Å²) in [5.74, 6) is 0. The normalized spacial score (nSPS) is 24.0. The standard InChI is InChI=1S/C16H34N2O2/c1-14(2)17-11-16(7-6-9-20-13-16)12-18(15(3)4)8-10-19-5/h14-15,17H,6-13H2,1-5H3.